The molecule has 3 aliphatic rings. The number of amides is 1. The number of alkyl halides is 1. The topological polar surface area (TPSA) is 84.7 Å². The van der Waals surface area contributed by atoms with Crippen LogP contribution in [0.1, 0.15) is 39.9 Å². The van der Waals surface area contributed by atoms with Gasteiger partial charge in [-0.1, -0.05) is 52.3 Å². The zero-order valence-electron chi connectivity index (χ0n) is 21.0. The van der Waals surface area contributed by atoms with Crippen molar-refractivity contribution in [3.8, 4) is 0 Å². The van der Waals surface area contributed by atoms with Gasteiger partial charge < -0.3 is 15.0 Å². The van der Waals surface area contributed by atoms with Crippen molar-refractivity contribution in [3.63, 3.8) is 0 Å². The number of ether oxygens (including phenoxy) is 1. The minimum atomic E-state index is -0.335. The fourth-order valence-corrected chi connectivity index (χ4v) is 8.34. The van der Waals surface area contributed by atoms with Crippen LogP contribution in [0.25, 0.3) is 0 Å². The standard InChI is InChI=1S/C29H27BrClN3O4S/c30-18-10-8-17(9-11-18)27-21-16-24(39-23-7-2-1-6-22(23)34(36)37)26(31)25(21)19-4-3-5-20(28(19)32-27)29(35)33-12-14-38-15-13-33/h1-11,21,24-27,32H,12-16H2/t21-,24+,25-,26+,27-/m1/s1. The van der Waals surface area contributed by atoms with Crippen molar-refractivity contribution in [2.45, 2.75) is 33.9 Å². The predicted molar refractivity (Wildman–Crippen MR) is 157 cm³/mol. The Kier molecular flexibility index (Phi) is 7.59. The van der Waals surface area contributed by atoms with Crippen LogP contribution in [-0.4, -0.2) is 52.7 Å². The third kappa shape index (κ3) is 5.06. The van der Waals surface area contributed by atoms with Crippen molar-refractivity contribution in [2.24, 2.45) is 5.92 Å². The lowest BCUT2D eigenvalue weighted by molar-refractivity contribution is -0.387. The normalized spacial score (nSPS) is 25.9. The number of nitro groups is 1. The summed E-state index contributed by atoms with van der Waals surface area (Å²) < 4.78 is 6.46. The molecule has 5 atom stereocenters. The van der Waals surface area contributed by atoms with Crippen LogP contribution >= 0.6 is 39.3 Å². The molecule has 1 N–H and O–H groups in total. The van der Waals surface area contributed by atoms with Crippen molar-refractivity contribution in [2.75, 3.05) is 31.6 Å². The van der Waals surface area contributed by atoms with Gasteiger partial charge in [-0.2, -0.15) is 0 Å². The van der Waals surface area contributed by atoms with Gasteiger partial charge in [0.1, 0.15) is 0 Å². The lowest BCUT2D eigenvalue weighted by Crippen LogP contribution is -2.41. The first-order valence-corrected chi connectivity index (χ1v) is 15.1. The van der Waals surface area contributed by atoms with Gasteiger partial charge >= 0.3 is 0 Å². The molecule has 1 saturated heterocycles. The van der Waals surface area contributed by atoms with E-state index in [4.69, 9.17) is 16.3 Å². The first-order valence-electron chi connectivity index (χ1n) is 13.0. The van der Waals surface area contributed by atoms with Crippen molar-refractivity contribution >= 4 is 56.6 Å². The number of rotatable bonds is 5. The van der Waals surface area contributed by atoms with Gasteiger partial charge in [0, 0.05) is 34.8 Å². The number of nitrogens with zero attached hydrogens (tertiary/aromatic N) is 2. The highest BCUT2D eigenvalue weighted by atomic mass is 79.9. The Hall–Kier alpha value is -2.59. The number of halogens is 2. The fourth-order valence-electron chi connectivity index (χ4n) is 6.13. The Morgan fingerprint density at radius 1 is 1.08 bits per heavy atom. The average molecular weight is 629 g/mol. The maximum absolute atomic E-state index is 13.7. The molecule has 0 spiro atoms. The Bertz CT molecular complexity index is 1400. The smallest absolute Gasteiger partial charge is 0.282 e. The number of carbonyl (C=O) groups is 1. The zero-order valence-corrected chi connectivity index (χ0v) is 24.1. The van der Waals surface area contributed by atoms with Crippen LogP contribution in [0.3, 0.4) is 0 Å². The summed E-state index contributed by atoms with van der Waals surface area (Å²) in [6.07, 6.45) is 0.782. The first kappa shape index (κ1) is 26.6. The van der Waals surface area contributed by atoms with Crippen LogP contribution in [0.15, 0.2) is 76.1 Å². The minimum Gasteiger partial charge on any atom is -0.378 e. The molecule has 1 amide bonds. The number of anilines is 1. The number of fused-ring (bicyclic) bond motifs is 3. The van der Waals surface area contributed by atoms with E-state index in [9.17, 15) is 14.9 Å². The molecule has 2 aliphatic heterocycles. The van der Waals surface area contributed by atoms with Gasteiger partial charge in [0.15, 0.2) is 0 Å². The molecule has 39 heavy (non-hydrogen) atoms. The fraction of sp³-hybridized carbons (Fsp3) is 0.345. The molecule has 7 nitrogen and oxygen atoms in total. The molecule has 0 aromatic heterocycles. The summed E-state index contributed by atoms with van der Waals surface area (Å²) in [5.74, 6) is 0.120. The first-order chi connectivity index (χ1) is 18.9. The molecular formula is C29H27BrClN3O4S. The summed E-state index contributed by atoms with van der Waals surface area (Å²) in [7, 11) is 0. The number of carbonyl (C=O) groups excluding carboxylic acids is 1. The number of nitrogens with one attached hydrogen (secondary N) is 1. The quantitative estimate of drug-likeness (QED) is 0.189. The molecule has 1 saturated carbocycles. The largest absolute Gasteiger partial charge is 0.378 e. The SMILES string of the molecule is O=C(c1cccc2c1N[C@H](c1ccc(Br)cc1)[C@@H]1C[C@H](Sc3ccccc3[N+](=O)[O-])[C@H](Cl)[C@H]21)N1CCOCC1. The summed E-state index contributed by atoms with van der Waals surface area (Å²) in [5, 5.41) is 15.1. The Labute approximate surface area is 244 Å². The van der Waals surface area contributed by atoms with E-state index in [-0.39, 0.29) is 45.0 Å². The summed E-state index contributed by atoms with van der Waals surface area (Å²) in [6.45, 7) is 2.21. The number of para-hydroxylation sites is 2. The lowest BCUT2D eigenvalue weighted by Gasteiger charge is -2.39. The summed E-state index contributed by atoms with van der Waals surface area (Å²) in [6, 6.07) is 20.9. The van der Waals surface area contributed by atoms with Gasteiger partial charge in [-0.3, -0.25) is 14.9 Å². The molecule has 0 unspecified atom stereocenters. The van der Waals surface area contributed by atoms with E-state index in [1.165, 1.54) is 11.8 Å². The van der Waals surface area contributed by atoms with Gasteiger partial charge in [0.2, 0.25) is 0 Å². The average Bonchev–Trinajstić information content (AvgIpc) is 3.29. The van der Waals surface area contributed by atoms with E-state index in [1.807, 2.05) is 35.2 Å². The molecule has 2 heterocycles. The molecular weight excluding hydrogens is 602 g/mol. The van der Waals surface area contributed by atoms with E-state index in [0.717, 1.165) is 27.7 Å². The number of hydrogen-bond donors (Lipinski definition) is 1. The monoisotopic (exact) mass is 627 g/mol. The molecule has 0 radical (unpaired) electrons. The summed E-state index contributed by atoms with van der Waals surface area (Å²) in [5.41, 5.74) is 3.74. The number of morpholine rings is 1. The maximum atomic E-state index is 13.7. The van der Waals surface area contributed by atoms with Gasteiger partial charge in [0.05, 0.1) is 45.7 Å². The minimum absolute atomic E-state index is 0.00869. The summed E-state index contributed by atoms with van der Waals surface area (Å²) in [4.78, 5) is 27.5. The number of benzene rings is 3. The Morgan fingerprint density at radius 3 is 2.56 bits per heavy atom. The highest BCUT2D eigenvalue weighted by Crippen LogP contribution is 2.58. The Balaban J connectivity index is 1.40. The van der Waals surface area contributed by atoms with Gasteiger partial charge in [0.25, 0.3) is 11.6 Å². The third-order valence-electron chi connectivity index (χ3n) is 7.95. The van der Waals surface area contributed by atoms with E-state index in [0.29, 0.717) is 36.8 Å². The molecule has 202 valence electrons. The number of hydrogen-bond acceptors (Lipinski definition) is 6. The van der Waals surface area contributed by atoms with Crippen molar-refractivity contribution < 1.29 is 14.5 Å². The second kappa shape index (κ2) is 11.1. The molecule has 10 heteroatoms. The Morgan fingerprint density at radius 2 is 1.82 bits per heavy atom. The van der Waals surface area contributed by atoms with Crippen molar-refractivity contribution in [1.29, 1.82) is 0 Å². The predicted octanol–water partition coefficient (Wildman–Crippen LogP) is 6.87. The van der Waals surface area contributed by atoms with Crippen LogP contribution in [0.2, 0.25) is 0 Å². The zero-order chi connectivity index (χ0) is 27.1. The van der Waals surface area contributed by atoms with E-state index in [2.05, 4.69) is 39.4 Å². The van der Waals surface area contributed by atoms with Crippen LogP contribution in [0, 0.1) is 16.0 Å². The van der Waals surface area contributed by atoms with Crippen LogP contribution in [0.4, 0.5) is 11.4 Å². The highest BCUT2D eigenvalue weighted by molar-refractivity contribution is 9.10. The third-order valence-corrected chi connectivity index (χ3v) is 10.6. The number of thioether (sulfide) groups is 1. The van der Waals surface area contributed by atoms with Crippen LogP contribution in [-0.2, 0) is 4.74 Å². The maximum Gasteiger partial charge on any atom is 0.282 e. The van der Waals surface area contributed by atoms with Gasteiger partial charge in [-0.05, 0) is 47.7 Å². The van der Waals surface area contributed by atoms with E-state index >= 15 is 0 Å². The summed E-state index contributed by atoms with van der Waals surface area (Å²) >= 11 is 12.3. The lowest BCUT2D eigenvalue weighted by atomic mass is 9.76. The molecule has 2 fully saturated rings. The highest BCUT2D eigenvalue weighted by Gasteiger charge is 2.51. The van der Waals surface area contributed by atoms with Crippen LogP contribution in [0.5, 0.6) is 0 Å². The second-order valence-corrected chi connectivity index (χ2v) is 12.8. The molecule has 3 aromatic carbocycles. The molecule has 0 bridgehead atoms. The van der Waals surface area contributed by atoms with E-state index < -0.39 is 0 Å². The van der Waals surface area contributed by atoms with Crippen molar-refractivity contribution in [1.82, 2.24) is 4.90 Å². The van der Waals surface area contributed by atoms with Crippen molar-refractivity contribution in [3.05, 3.63) is 98.0 Å². The van der Waals surface area contributed by atoms with Gasteiger partial charge in [-0.25, -0.2) is 0 Å². The van der Waals surface area contributed by atoms with Crippen LogP contribution < -0.4 is 5.32 Å². The molecule has 6 rings (SSSR count). The molecule has 3 aromatic rings. The number of nitro benzene ring substituents is 1. The van der Waals surface area contributed by atoms with E-state index in [1.54, 1.807) is 18.2 Å². The second-order valence-electron chi connectivity index (χ2n) is 10.1. The molecule has 1 aliphatic carbocycles. The van der Waals surface area contributed by atoms with Gasteiger partial charge in [-0.15, -0.1) is 23.4 Å².